The van der Waals surface area contributed by atoms with E-state index in [0.29, 0.717) is 0 Å². The molecule has 0 aromatic carbocycles. The summed E-state index contributed by atoms with van der Waals surface area (Å²) in [6, 6.07) is 0. The Bertz CT molecular complexity index is 1180. The number of H-pyrrole nitrogens is 1. The zero-order valence-electron chi connectivity index (χ0n) is 18.4. The average Bonchev–Trinajstić information content (AvgIpc) is 3.40. The van der Waals surface area contributed by atoms with Gasteiger partial charge in [-0.05, 0) is 12.1 Å². The van der Waals surface area contributed by atoms with E-state index in [-0.39, 0.29) is 40.8 Å². The molecule has 186 valence electrons. The Morgan fingerprint density at radius 2 is 2.26 bits per heavy atom. The molecule has 3 atom stereocenters. The molecule has 0 spiro atoms. The summed E-state index contributed by atoms with van der Waals surface area (Å²) in [7, 11) is 2.81. The number of ether oxygens (including phenoxy) is 1. The number of hydrogen-bond acceptors (Lipinski definition) is 14. The Balaban J connectivity index is 1.87. The molecule has 4 heterocycles. The number of hydrogen-bond donors (Lipinski definition) is 3. The van der Waals surface area contributed by atoms with Crippen molar-refractivity contribution in [3.05, 3.63) is 11.5 Å². The number of carbonyl (C=O) groups is 3. The van der Waals surface area contributed by atoms with Gasteiger partial charge in [0, 0.05) is 17.9 Å². The van der Waals surface area contributed by atoms with Crippen LogP contribution in [0.3, 0.4) is 0 Å². The van der Waals surface area contributed by atoms with Crippen LogP contribution in [-0.4, -0.2) is 92.7 Å². The summed E-state index contributed by atoms with van der Waals surface area (Å²) in [5.74, 6) is -1.26. The number of rotatable bonds is 8. The lowest BCUT2D eigenvalue weighted by molar-refractivity contribution is -0.141. The molecule has 35 heavy (non-hydrogen) atoms. The molecule has 2 unspecified atom stereocenters. The van der Waals surface area contributed by atoms with Gasteiger partial charge in [-0.1, -0.05) is 16.9 Å². The van der Waals surface area contributed by atoms with E-state index in [1.807, 2.05) is 0 Å². The molecule has 2 aliphatic rings. The predicted molar refractivity (Wildman–Crippen MR) is 121 cm³/mol. The van der Waals surface area contributed by atoms with E-state index < -0.39 is 28.1 Å². The van der Waals surface area contributed by atoms with Gasteiger partial charge in [-0.3, -0.25) is 19.4 Å². The molecule has 17 nitrogen and oxygen atoms in total. The number of nitrogens with one attached hydrogen (secondary N) is 1. The standard InChI is InChI=1S/C16H19N11O6S2/c1-6(34-15-20-23-24-21-15)10-11(33-16(30)31)26-7(28)4-9(26)35-12(10)27(8(29)5-18-32-3)14-19-13(17)25(2)22-14/h5-6,9,12H,4H2,1-3H3,(H,30,31)(H2,17,19,22)(H,20,21,23,24)/t6?,9-,12?/m0/s1. The van der Waals surface area contributed by atoms with Crippen molar-refractivity contribution in [1.82, 2.24) is 40.3 Å². The topological polar surface area (TPSA) is 220 Å². The van der Waals surface area contributed by atoms with Crippen molar-refractivity contribution in [2.24, 2.45) is 12.2 Å². The van der Waals surface area contributed by atoms with Gasteiger partial charge in [-0.15, -0.1) is 27.1 Å². The highest BCUT2D eigenvalue weighted by atomic mass is 32.2. The molecule has 2 aromatic rings. The molecule has 4 N–H and O–H groups in total. The quantitative estimate of drug-likeness (QED) is 0.131. The van der Waals surface area contributed by atoms with Crippen molar-refractivity contribution in [3.63, 3.8) is 0 Å². The summed E-state index contributed by atoms with van der Waals surface area (Å²) < 4.78 is 6.37. The van der Waals surface area contributed by atoms with Crippen LogP contribution in [-0.2, 0) is 26.2 Å². The average molecular weight is 526 g/mol. The fourth-order valence-electron chi connectivity index (χ4n) is 3.36. The van der Waals surface area contributed by atoms with Gasteiger partial charge in [-0.25, -0.2) is 9.48 Å². The van der Waals surface area contributed by atoms with Gasteiger partial charge in [-0.2, -0.15) is 10.2 Å². The smallest absolute Gasteiger partial charge is 0.449 e. The molecule has 19 heteroatoms. The number of anilines is 2. The number of nitrogens with two attached hydrogens (primary N) is 1. The van der Waals surface area contributed by atoms with Crippen LogP contribution in [0.25, 0.3) is 0 Å². The largest absolute Gasteiger partial charge is 0.512 e. The van der Waals surface area contributed by atoms with E-state index in [4.69, 9.17) is 10.5 Å². The molecule has 0 saturated carbocycles. The molecule has 1 saturated heterocycles. The van der Waals surface area contributed by atoms with Crippen LogP contribution in [0.1, 0.15) is 13.3 Å². The highest BCUT2D eigenvalue weighted by Gasteiger charge is 2.52. The number of aryl methyl sites for hydroxylation is 1. The minimum atomic E-state index is -1.63. The number of nitrogen functional groups attached to an aromatic ring is 1. The summed E-state index contributed by atoms with van der Waals surface area (Å²) in [6.07, 6.45) is -0.603. The normalized spacial score (nSPS) is 20.4. The van der Waals surface area contributed by atoms with Gasteiger partial charge >= 0.3 is 6.16 Å². The van der Waals surface area contributed by atoms with Crippen LogP contribution in [0.15, 0.2) is 21.8 Å². The molecule has 0 radical (unpaired) electrons. The fourth-order valence-corrected chi connectivity index (χ4v) is 5.94. The van der Waals surface area contributed by atoms with Gasteiger partial charge < -0.3 is 20.4 Å². The number of aromatic amines is 1. The minimum Gasteiger partial charge on any atom is -0.449 e. The third-order valence-electron chi connectivity index (χ3n) is 4.90. The Morgan fingerprint density at radius 1 is 1.49 bits per heavy atom. The number of β-lactam (4-membered cyclic amide) rings is 1. The van der Waals surface area contributed by atoms with Crippen molar-refractivity contribution in [3.8, 4) is 0 Å². The number of oxime groups is 1. The summed E-state index contributed by atoms with van der Waals surface area (Å²) in [5, 5.41) is 29.1. The van der Waals surface area contributed by atoms with E-state index in [1.165, 1.54) is 33.4 Å². The Morgan fingerprint density at radius 3 is 2.83 bits per heavy atom. The van der Waals surface area contributed by atoms with Crippen molar-refractivity contribution >= 4 is 59.6 Å². The Kier molecular flexibility index (Phi) is 6.78. The Hall–Kier alpha value is -3.87. The molecule has 2 aromatic heterocycles. The predicted octanol–water partition coefficient (Wildman–Crippen LogP) is -0.406. The van der Waals surface area contributed by atoms with E-state index in [2.05, 4.69) is 40.7 Å². The summed E-state index contributed by atoms with van der Waals surface area (Å²) in [4.78, 5) is 48.5. The lowest BCUT2D eigenvalue weighted by Gasteiger charge is -2.48. The third-order valence-corrected chi connectivity index (χ3v) is 7.30. The number of nitrogens with zero attached hydrogens (tertiary/aromatic N) is 9. The second-order valence-electron chi connectivity index (χ2n) is 7.01. The molecule has 4 rings (SSSR count). The second kappa shape index (κ2) is 9.78. The SMILES string of the molecule is CON=CC(=O)N(c1nc(N)n(C)n1)C1S[C@H]2CC(=O)N2C(OC(=O)O)=C1C(C)Sc1nn[nH]n1. The van der Waals surface area contributed by atoms with E-state index in [1.54, 1.807) is 14.0 Å². The van der Waals surface area contributed by atoms with Gasteiger partial charge in [0.1, 0.15) is 18.7 Å². The molecular formula is C16H19N11O6S2. The molecule has 2 amide bonds. The monoisotopic (exact) mass is 525 g/mol. The van der Waals surface area contributed by atoms with Crippen LogP contribution in [0.2, 0.25) is 0 Å². The van der Waals surface area contributed by atoms with Gasteiger partial charge in [0.2, 0.25) is 22.9 Å². The number of carboxylic acid groups (broad SMARTS) is 1. The summed E-state index contributed by atoms with van der Waals surface area (Å²) in [6.45, 7) is 1.71. The molecule has 0 aliphatic carbocycles. The van der Waals surface area contributed by atoms with E-state index >= 15 is 0 Å². The van der Waals surface area contributed by atoms with Gasteiger partial charge in [0.25, 0.3) is 11.9 Å². The maximum absolute atomic E-state index is 13.3. The lowest BCUT2D eigenvalue weighted by Crippen LogP contribution is -2.58. The number of amides is 2. The van der Waals surface area contributed by atoms with Crippen LogP contribution in [0.5, 0.6) is 0 Å². The molecule has 2 aliphatic heterocycles. The van der Waals surface area contributed by atoms with E-state index in [9.17, 15) is 19.5 Å². The number of thioether (sulfide) groups is 2. The zero-order chi connectivity index (χ0) is 25.3. The fraction of sp³-hybridized carbons (Fsp3) is 0.438. The molecule has 1 fully saturated rings. The lowest BCUT2D eigenvalue weighted by atomic mass is 10.1. The third kappa shape index (κ3) is 4.71. The Labute approximate surface area is 205 Å². The first kappa shape index (κ1) is 24.3. The highest BCUT2D eigenvalue weighted by molar-refractivity contribution is 8.01. The molecule has 0 bridgehead atoms. The first-order valence-electron chi connectivity index (χ1n) is 9.80. The van der Waals surface area contributed by atoms with E-state index in [0.717, 1.165) is 18.0 Å². The van der Waals surface area contributed by atoms with Crippen molar-refractivity contribution in [2.75, 3.05) is 17.7 Å². The summed E-state index contributed by atoms with van der Waals surface area (Å²) in [5.41, 5.74) is 6.12. The van der Waals surface area contributed by atoms with Crippen LogP contribution in [0.4, 0.5) is 16.7 Å². The highest BCUT2D eigenvalue weighted by Crippen LogP contribution is 2.49. The number of aromatic nitrogens is 7. The second-order valence-corrected chi connectivity index (χ2v) is 9.58. The van der Waals surface area contributed by atoms with Gasteiger partial charge in [0.15, 0.2) is 0 Å². The summed E-state index contributed by atoms with van der Waals surface area (Å²) >= 11 is 2.32. The number of fused-ring (bicyclic) bond motifs is 1. The van der Waals surface area contributed by atoms with Gasteiger partial charge in [0.05, 0.1) is 11.8 Å². The van der Waals surface area contributed by atoms with Crippen molar-refractivity contribution < 1.29 is 29.1 Å². The first-order valence-corrected chi connectivity index (χ1v) is 11.6. The minimum absolute atomic E-state index is 0.0319. The number of tetrazole rings is 1. The van der Waals surface area contributed by atoms with Crippen molar-refractivity contribution in [2.45, 2.75) is 34.5 Å². The van der Waals surface area contributed by atoms with Crippen LogP contribution >= 0.6 is 23.5 Å². The van der Waals surface area contributed by atoms with Crippen molar-refractivity contribution in [1.29, 1.82) is 0 Å². The number of carbonyl (C=O) groups excluding carboxylic acids is 2. The zero-order valence-corrected chi connectivity index (χ0v) is 20.1. The maximum atomic E-state index is 13.3. The first-order chi connectivity index (χ1) is 16.7. The molecular weight excluding hydrogens is 506 g/mol. The van der Waals surface area contributed by atoms with Crippen LogP contribution in [0, 0.1) is 0 Å². The maximum Gasteiger partial charge on any atom is 0.512 e. The van der Waals surface area contributed by atoms with Crippen LogP contribution < -0.4 is 10.6 Å².